The van der Waals surface area contributed by atoms with Crippen LogP contribution in [0.2, 0.25) is 0 Å². The SMILES string of the molecule is CCCC(C)(CCOc1ccc(Br)cc1)CNC(C)(C)C. The fraction of sp³-hybridized carbons (Fsp3) is 0.667. The highest BCUT2D eigenvalue weighted by Gasteiger charge is 2.25. The summed E-state index contributed by atoms with van der Waals surface area (Å²) in [5.41, 5.74) is 0.457. The Morgan fingerprint density at radius 2 is 1.67 bits per heavy atom. The lowest BCUT2D eigenvalue weighted by molar-refractivity contribution is 0.180. The topological polar surface area (TPSA) is 21.3 Å². The van der Waals surface area contributed by atoms with Crippen molar-refractivity contribution < 1.29 is 4.74 Å². The number of halogens is 1. The lowest BCUT2D eigenvalue weighted by atomic mass is 9.82. The van der Waals surface area contributed by atoms with Crippen molar-refractivity contribution in [1.29, 1.82) is 0 Å². The average molecular weight is 356 g/mol. The molecule has 0 aliphatic rings. The van der Waals surface area contributed by atoms with Gasteiger partial charge in [0.2, 0.25) is 0 Å². The van der Waals surface area contributed by atoms with Gasteiger partial charge < -0.3 is 10.1 Å². The molecule has 0 bridgehead atoms. The van der Waals surface area contributed by atoms with Crippen LogP contribution in [-0.2, 0) is 0 Å². The van der Waals surface area contributed by atoms with E-state index in [9.17, 15) is 0 Å². The first-order valence-corrected chi connectivity index (χ1v) is 8.67. The zero-order valence-electron chi connectivity index (χ0n) is 14.1. The predicted octanol–water partition coefficient (Wildman–Crippen LogP) is 5.41. The summed E-state index contributed by atoms with van der Waals surface area (Å²) in [6, 6.07) is 8.05. The summed E-state index contributed by atoms with van der Waals surface area (Å²) in [6.45, 7) is 13.1. The molecule has 0 heterocycles. The smallest absolute Gasteiger partial charge is 0.119 e. The summed E-state index contributed by atoms with van der Waals surface area (Å²) >= 11 is 3.44. The van der Waals surface area contributed by atoms with Crippen LogP contribution >= 0.6 is 15.9 Å². The second-order valence-electron chi connectivity index (χ2n) is 7.22. The minimum absolute atomic E-state index is 0.168. The second-order valence-corrected chi connectivity index (χ2v) is 8.13. The van der Waals surface area contributed by atoms with Gasteiger partial charge in [0, 0.05) is 16.6 Å². The van der Waals surface area contributed by atoms with Crippen molar-refractivity contribution in [3.63, 3.8) is 0 Å². The summed E-state index contributed by atoms with van der Waals surface area (Å²) in [4.78, 5) is 0. The van der Waals surface area contributed by atoms with Gasteiger partial charge in [-0.2, -0.15) is 0 Å². The largest absolute Gasteiger partial charge is 0.494 e. The maximum atomic E-state index is 5.89. The van der Waals surface area contributed by atoms with Crippen LogP contribution in [0.3, 0.4) is 0 Å². The Kier molecular flexibility index (Phi) is 7.22. The molecule has 0 saturated heterocycles. The van der Waals surface area contributed by atoms with Crippen LogP contribution in [0.25, 0.3) is 0 Å². The molecule has 0 fully saturated rings. The molecule has 1 aromatic rings. The van der Waals surface area contributed by atoms with E-state index in [1.54, 1.807) is 0 Å². The Labute approximate surface area is 138 Å². The van der Waals surface area contributed by atoms with Crippen molar-refractivity contribution in [2.24, 2.45) is 5.41 Å². The van der Waals surface area contributed by atoms with Gasteiger partial charge in [-0.05, 0) is 63.3 Å². The molecule has 3 heteroatoms. The third-order valence-electron chi connectivity index (χ3n) is 3.69. The highest BCUT2D eigenvalue weighted by Crippen LogP contribution is 2.28. The lowest BCUT2D eigenvalue weighted by Crippen LogP contribution is -2.43. The maximum absolute atomic E-state index is 5.89. The van der Waals surface area contributed by atoms with Gasteiger partial charge in [-0.3, -0.25) is 0 Å². The Morgan fingerprint density at radius 3 is 2.19 bits per heavy atom. The van der Waals surface area contributed by atoms with Gasteiger partial charge in [0.1, 0.15) is 5.75 Å². The standard InChI is InChI=1S/C18H30BrNO/c1-6-11-18(5,14-20-17(2,3)4)12-13-21-16-9-7-15(19)8-10-16/h7-10,20H,6,11-14H2,1-5H3. The molecule has 120 valence electrons. The molecular formula is C18H30BrNO. The zero-order valence-corrected chi connectivity index (χ0v) is 15.7. The number of ether oxygens (including phenoxy) is 1. The minimum atomic E-state index is 0.168. The molecule has 0 amide bonds. The van der Waals surface area contributed by atoms with Crippen LogP contribution in [0.1, 0.15) is 53.9 Å². The first-order valence-electron chi connectivity index (χ1n) is 7.87. The Bertz CT molecular complexity index is 410. The number of nitrogens with one attached hydrogen (secondary N) is 1. The summed E-state index contributed by atoms with van der Waals surface area (Å²) in [5, 5.41) is 3.64. The van der Waals surface area contributed by atoms with Crippen LogP contribution in [0.4, 0.5) is 0 Å². The van der Waals surface area contributed by atoms with E-state index in [1.807, 2.05) is 24.3 Å². The molecule has 0 aliphatic heterocycles. The van der Waals surface area contributed by atoms with Gasteiger partial charge in [-0.15, -0.1) is 0 Å². The van der Waals surface area contributed by atoms with Gasteiger partial charge in [0.25, 0.3) is 0 Å². The van der Waals surface area contributed by atoms with Crippen LogP contribution in [-0.4, -0.2) is 18.7 Å². The average Bonchev–Trinajstić information content (AvgIpc) is 2.39. The highest BCUT2D eigenvalue weighted by atomic mass is 79.9. The number of benzene rings is 1. The predicted molar refractivity (Wildman–Crippen MR) is 95.0 cm³/mol. The number of rotatable bonds is 8. The Balaban J connectivity index is 2.47. The van der Waals surface area contributed by atoms with Gasteiger partial charge in [-0.1, -0.05) is 36.2 Å². The van der Waals surface area contributed by atoms with E-state index in [4.69, 9.17) is 4.74 Å². The first kappa shape index (κ1) is 18.5. The van der Waals surface area contributed by atoms with E-state index >= 15 is 0 Å². The van der Waals surface area contributed by atoms with Gasteiger partial charge >= 0.3 is 0 Å². The molecule has 0 spiro atoms. The molecule has 2 nitrogen and oxygen atoms in total. The maximum Gasteiger partial charge on any atom is 0.119 e. The van der Waals surface area contributed by atoms with Crippen molar-refractivity contribution in [2.75, 3.05) is 13.2 Å². The van der Waals surface area contributed by atoms with Gasteiger partial charge in [-0.25, -0.2) is 0 Å². The van der Waals surface area contributed by atoms with Crippen molar-refractivity contribution in [3.8, 4) is 5.75 Å². The molecule has 1 aromatic carbocycles. The number of hydrogen-bond donors (Lipinski definition) is 1. The molecule has 1 rings (SSSR count). The molecule has 1 unspecified atom stereocenters. The molecule has 0 aromatic heterocycles. The molecule has 1 N–H and O–H groups in total. The van der Waals surface area contributed by atoms with E-state index in [0.29, 0.717) is 0 Å². The van der Waals surface area contributed by atoms with E-state index in [0.717, 1.165) is 29.8 Å². The van der Waals surface area contributed by atoms with Crippen molar-refractivity contribution in [1.82, 2.24) is 5.32 Å². The van der Waals surface area contributed by atoms with E-state index < -0.39 is 0 Å². The van der Waals surface area contributed by atoms with Crippen LogP contribution in [0.5, 0.6) is 5.75 Å². The summed E-state index contributed by atoms with van der Waals surface area (Å²) in [5.74, 6) is 0.945. The first-order chi connectivity index (χ1) is 9.74. The second kappa shape index (κ2) is 8.19. The molecular weight excluding hydrogens is 326 g/mol. The van der Waals surface area contributed by atoms with Gasteiger partial charge in [0.05, 0.1) is 6.61 Å². The lowest BCUT2D eigenvalue weighted by Gasteiger charge is -2.33. The highest BCUT2D eigenvalue weighted by molar-refractivity contribution is 9.10. The number of hydrogen-bond acceptors (Lipinski definition) is 2. The van der Waals surface area contributed by atoms with Crippen LogP contribution in [0.15, 0.2) is 28.7 Å². The normalized spacial score (nSPS) is 14.8. The van der Waals surface area contributed by atoms with Crippen molar-refractivity contribution >= 4 is 15.9 Å². The Morgan fingerprint density at radius 1 is 1.05 bits per heavy atom. The van der Waals surface area contributed by atoms with Crippen molar-refractivity contribution in [2.45, 2.75) is 59.4 Å². The third kappa shape index (κ3) is 7.87. The van der Waals surface area contributed by atoms with E-state index in [-0.39, 0.29) is 11.0 Å². The van der Waals surface area contributed by atoms with Crippen LogP contribution in [0, 0.1) is 5.41 Å². The fourth-order valence-electron chi connectivity index (χ4n) is 2.33. The molecule has 0 radical (unpaired) electrons. The van der Waals surface area contributed by atoms with E-state index in [1.165, 1.54) is 12.8 Å². The van der Waals surface area contributed by atoms with E-state index in [2.05, 4.69) is 55.9 Å². The van der Waals surface area contributed by atoms with Gasteiger partial charge in [0.15, 0.2) is 0 Å². The monoisotopic (exact) mass is 355 g/mol. The summed E-state index contributed by atoms with van der Waals surface area (Å²) in [6.07, 6.45) is 3.50. The molecule has 0 saturated carbocycles. The van der Waals surface area contributed by atoms with Crippen LogP contribution < -0.4 is 10.1 Å². The minimum Gasteiger partial charge on any atom is -0.494 e. The third-order valence-corrected chi connectivity index (χ3v) is 4.22. The fourth-order valence-corrected chi connectivity index (χ4v) is 2.59. The Hall–Kier alpha value is -0.540. The zero-order chi connectivity index (χ0) is 15.9. The quantitative estimate of drug-likeness (QED) is 0.672. The van der Waals surface area contributed by atoms with Crippen molar-refractivity contribution in [3.05, 3.63) is 28.7 Å². The summed E-state index contributed by atoms with van der Waals surface area (Å²) < 4.78 is 6.97. The molecule has 1 atom stereocenters. The molecule has 0 aliphatic carbocycles. The summed E-state index contributed by atoms with van der Waals surface area (Å²) in [7, 11) is 0. The molecule has 21 heavy (non-hydrogen) atoms.